The van der Waals surface area contributed by atoms with Crippen LogP contribution in [0.5, 0.6) is 5.75 Å². The van der Waals surface area contributed by atoms with Crippen LogP contribution in [0.3, 0.4) is 0 Å². The van der Waals surface area contributed by atoms with Gasteiger partial charge in [-0.15, -0.1) is 0 Å². The van der Waals surface area contributed by atoms with E-state index in [1.165, 1.54) is 0 Å². The average Bonchev–Trinajstić information content (AvgIpc) is 3.01. The molecule has 0 bridgehead atoms. The fraction of sp³-hybridized carbons (Fsp3) is 0.250. The summed E-state index contributed by atoms with van der Waals surface area (Å²) in [7, 11) is 0. The summed E-state index contributed by atoms with van der Waals surface area (Å²) in [6.07, 6.45) is 1.54. The van der Waals surface area contributed by atoms with Gasteiger partial charge in [-0.2, -0.15) is 0 Å². The van der Waals surface area contributed by atoms with Gasteiger partial charge in [0.15, 0.2) is 5.78 Å². The zero-order chi connectivity index (χ0) is 30.7. The average molecular weight is 579 g/mol. The van der Waals surface area contributed by atoms with Gasteiger partial charge in [0.05, 0.1) is 6.61 Å². The lowest BCUT2D eigenvalue weighted by atomic mass is 9.85. The van der Waals surface area contributed by atoms with E-state index in [0.717, 1.165) is 11.1 Å². The minimum atomic E-state index is -1.02. The zero-order valence-corrected chi connectivity index (χ0v) is 24.6. The minimum Gasteiger partial charge on any atom is -0.494 e. The summed E-state index contributed by atoms with van der Waals surface area (Å²) in [6, 6.07) is 32.2. The first-order valence-corrected chi connectivity index (χ1v) is 14.4. The number of benzene rings is 4. The summed E-state index contributed by atoms with van der Waals surface area (Å²) >= 11 is 0. The Morgan fingerprint density at radius 3 is 2.09 bits per heavy atom. The Bertz CT molecular complexity index is 1500. The van der Waals surface area contributed by atoms with Crippen LogP contribution in [0.15, 0.2) is 109 Å². The second kappa shape index (κ2) is 14.8. The molecule has 0 aliphatic heterocycles. The molecule has 3 N–H and O–H groups in total. The minimum absolute atomic E-state index is 0.00866. The van der Waals surface area contributed by atoms with E-state index < -0.39 is 17.4 Å². The number of hydrogen-bond acceptors (Lipinski definition) is 5. The van der Waals surface area contributed by atoms with Crippen LogP contribution in [0, 0.1) is 5.41 Å². The van der Waals surface area contributed by atoms with Crippen molar-refractivity contribution in [1.29, 1.82) is 0 Å². The van der Waals surface area contributed by atoms with Gasteiger partial charge in [-0.05, 0) is 48.2 Å². The number of amides is 1. The third-order valence-electron chi connectivity index (χ3n) is 7.18. The Kier molecular flexibility index (Phi) is 10.7. The van der Waals surface area contributed by atoms with E-state index in [9.17, 15) is 19.5 Å². The highest BCUT2D eigenvalue weighted by molar-refractivity contribution is 6.12. The molecular weight excluding hydrogens is 540 g/mol. The molecule has 0 saturated carbocycles. The summed E-state index contributed by atoms with van der Waals surface area (Å²) in [5.41, 5.74) is 2.85. The van der Waals surface area contributed by atoms with Crippen molar-refractivity contribution < 1.29 is 24.2 Å². The molecule has 0 saturated heterocycles. The third-order valence-corrected chi connectivity index (χ3v) is 7.18. The number of carbonyl (C=O) groups is 3. The molecule has 7 nitrogen and oxygen atoms in total. The van der Waals surface area contributed by atoms with Crippen molar-refractivity contribution >= 4 is 23.3 Å². The van der Waals surface area contributed by atoms with Gasteiger partial charge >= 0.3 is 5.97 Å². The van der Waals surface area contributed by atoms with E-state index in [-0.39, 0.29) is 18.1 Å². The van der Waals surface area contributed by atoms with Crippen molar-refractivity contribution in [2.75, 3.05) is 18.5 Å². The van der Waals surface area contributed by atoms with Gasteiger partial charge in [0.25, 0.3) is 0 Å². The predicted molar refractivity (Wildman–Crippen MR) is 169 cm³/mol. The molecule has 1 unspecified atom stereocenters. The van der Waals surface area contributed by atoms with Gasteiger partial charge in [0, 0.05) is 35.2 Å². The SMILES string of the molecule is CC(C)(Cc1ccccc1)C(=O)NCCCOc1ccc(CC(Nc2ccccc2C(=O)c2ccccc2)C(=O)O)cc1. The normalized spacial score (nSPS) is 11.8. The maximum absolute atomic E-state index is 13.1. The van der Waals surface area contributed by atoms with Gasteiger partial charge in [-0.3, -0.25) is 9.59 Å². The van der Waals surface area contributed by atoms with Crippen molar-refractivity contribution in [2.45, 2.75) is 39.2 Å². The standard InChI is InChI=1S/C36H38N2O5/c1-36(2,25-27-12-5-3-6-13-27)35(42)37-22-11-23-43-29-20-18-26(19-21-29)24-32(34(40)41)38-31-17-10-9-16-30(31)33(39)28-14-7-4-8-15-28/h3-10,12-21,32,38H,11,22-25H2,1-2H3,(H,37,42)(H,40,41). The summed E-state index contributed by atoms with van der Waals surface area (Å²) in [4.78, 5) is 37.9. The molecule has 4 aromatic carbocycles. The van der Waals surface area contributed by atoms with Gasteiger partial charge in [0.1, 0.15) is 11.8 Å². The number of ketones is 1. The fourth-order valence-corrected chi connectivity index (χ4v) is 4.79. The molecule has 0 fully saturated rings. The van der Waals surface area contributed by atoms with Gasteiger partial charge in [-0.25, -0.2) is 4.79 Å². The molecule has 4 rings (SSSR count). The molecule has 0 radical (unpaired) electrons. The lowest BCUT2D eigenvalue weighted by Crippen LogP contribution is -2.39. The van der Waals surface area contributed by atoms with E-state index in [1.807, 2.05) is 74.5 Å². The molecule has 43 heavy (non-hydrogen) atoms. The Morgan fingerprint density at radius 2 is 1.42 bits per heavy atom. The summed E-state index contributed by atoms with van der Waals surface area (Å²) in [6.45, 7) is 4.83. The highest BCUT2D eigenvalue weighted by atomic mass is 16.5. The molecule has 0 spiro atoms. The molecule has 1 atom stereocenters. The number of ether oxygens (including phenoxy) is 1. The lowest BCUT2D eigenvalue weighted by Gasteiger charge is -2.23. The molecule has 4 aromatic rings. The molecule has 1 amide bonds. The number of carbonyl (C=O) groups excluding carboxylic acids is 2. The number of carboxylic acid groups (broad SMARTS) is 1. The van der Waals surface area contributed by atoms with E-state index in [2.05, 4.69) is 10.6 Å². The van der Waals surface area contributed by atoms with Crippen LogP contribution in [0.25, 0.3) is 0 Å². The zero-order valence-electron chi connectivity index (χ0n) is 24.6. The largest absolute Gasteiger partial charge is 0.494 e. The molecule has 0 aliphatic carbocycles. The third kappa shape index (κ3) is 9.04. The maximum Gasteiger partial charge on any atom is 0.326 e. The molecule has 222 valence electrons. The molecular formula is C36H38N2O5. The van der Waals surface area contributed by atoms with Crippen LogP contribution < -0.4 is 15.4 Å². The Labute approximate surface area is 252 Å². The Balaban J connectivity index is 1.26. The van der Waals surface area contributed by atoms with Crippen LogP contribution in [0.4, 0.5) is 5.69 Å². The highest BCUT2D eigenvalue weighted by Gasteiger charge is 2.27. The van der Waals surface area contributed by atoms with Crippen LogP contribution in [-0.2, 0) is 22.4 Å². The van der Waals surface area contributed by atoms with E-state index in [0.29, 0.717) is 48.6 Å². The maximum atomic E-state index is 13.1. The Morgan fingerprint density at radius 1 is 0.791 bits per heavy atom. The summed E-state index contributed by atoms with van der Waals surface area (Å²) in [5, 5.41) is 16.0. The summed E-state index contributed by atoms with van der Waals surface area (Å²) in [5.74, 6) is -0.520. The van der Waals surface area contributed by atoms with Crippen molar-refractivity contribution in [1.82, 2.24) is 5.32 Å². The van der Waals surface area contributed by atoms with E-state index in [4.69, 9.17) is 4.74 Å². The predicted octanol–water partition coefficient (Wildman–Crippen LogP) is 6.18. The van der Waals surface area contributed by atoms with E-state index in [1.54, 1.807) is 48.5 Å². The quantitative estimate of drug-likeness (QED) is 0.115. The summed E-state index contributed by atoms with van der Waals surface area (Å²) < 4.78 is 5.84. The second-order valence-corrected chi connectivity index (χ2v) is 11.1. The number of para-hydroxylation sites is 1. The van der Waals surface area contributed by atoms with Crippen molar-refractivity contribution in [3.8, 4) is 5.75 Å². The number of rotatable bonds is 15. The van der Waals surface area contributed by atoms with Crippen LogP contribution >= 0.6 is 0 Å². The smallest absolute Gasteiger partial charge is 0.326 e. The van der Waals surface area contributed by atoms with Gasteiger partial charge in [-0.1, -0.05) is 98.8 Å². The first-order valence-electron chi connectivity index (χ1n) is 14.4. The first-order chi connectivity index (χ1) is 20.7. The molecule has 7 heteroatoms. The number of hydrogen-bond donors (Lipinski definition) is 3. The van der Waals surface area contributed by atoms with Crippen molar-refractivity contribution in [2.24, 2.45) is 5.41 Å². The number of aliphatic carboxylic acids is 1. The Hall–Kier alpha value is -4.91. The van der Waals surface area contributed by atoms with Gasteiger partial charge < -0.3 is 20.5 Å². The second-order valence-electron chi connectivity index (χ2n) is 11.1. The van der Waals surface area contributed by atoms with E-state index >= 15 is 0 Å². The fourth-order valence-electron chi connectivity index (χ4n) is 4.79. The van der Waals surface area contributed by atoms with Gasteiger partial charge in [0.2, 0.25) is 5.91 Å². The lowest BCUT2D eigenvalue weighted by molar-refractivity contribution is -0.137. The van der Waals surface area contributed by atoms with Crippen LogP contribution in [0.2, 0.25) is 0 Å². The molecule has 0 heterocycles. The number of anilines is 1. The van der Waals surface area contributed by atoms with Crippen LogP contribution in [-0.4, -0.2) is 42.0 Å². The number of carboxylic acids is 1. The molecule has 0 aliphatic rings. The van der Waals surface area contributed by atoms with Crippen molar-refractivity contribution in [3.63, 3.8) is 0 Å². The highest BCUT2D eigenvalue weighted by Crippen LogP contribution is 2.23. The van der Waals surface area contributed by atoms with Crippen LogP contribution in [0.1, 0.15) is 47.3 Å². The first kappa shape index (κ1) is 31.0. The molecule has 0 aromatic heterocycles. The topological polar surface area (TPSA) is 105 Å². The van der Waals surface area contributed by atoms with Crippen molar-refractivity contribution in [3.05, 3.63) is 131 Å². The monoisotopic (exact) mass is 578 g/mol. The number of nitrogens with one attached hydrogen (secondary N) is 2.